The van der Waals surface area contributed by atoms with E-state index in [9.17, 15) is 4.79 Å². The lowest BCUT2D eigenvalue weighted by Gasteiger charge is -2.30. The van der Waals surface area contributed by atoms with Crippen molar-refractivity contribution >= 4 is 43.5 Å². The van der Waals surface area contributed by atoms with Crippen LogP contribution in [0.1, 0.15) is 25.5 Å². The summed E-state index contributed by atoms with van der Waals surface area (Å²) in [7, 11) is 1.34. The molecule has 6 heteroatoms. The predicted octanol–water partition coefficient (Wildman–Crippen LogP) is 2.99. The third-order valence-corrected chi connectivity index (χ3v) is 4.06. The van der Waals surface area contributed by atoms with E-state index in [0.29, 0.717) is 11.3 Å². The van der Waals surface area contributed by atoms with Crippen LogP contribution < -0.4 is 11.5 Å². The molecule has 18 heavy (non-hydrogen) atoms. The molecule has 0 aliphatic heterocycles. The SMILES string of the molecule is COC(=O)C(C)(C)[C@H](N)c1cc(Br)cc(Br)c1N. The second-order valence-electron chi connectivity index (χ2n) is 4.58. The molecule has 100 valence electrons. The Kier molecular flexibility index (Phi) is 4.80. The lowest BCUT2D eigenvalue weighted by atomic mass is 9.80. The topological polar surface area (TPSA) is 78.3 Å². The summed E-state index contributed by atoms with van der Waals surface area (Å²) in [5.74, 6) is -0.370. The van der Waals surface area contributed by atoms with Gasteiger partial charge in [-0.15, -0.1) is 0 Å². The van der Waals surface area contributed by atoms with Gasteiger partial charge in [0.15, 0.2) is 0 Å². The second kappa shape index (κ2) is 5.59. The van der Waals surface area contributed by atoms with Crippen LogP contribution in [-0.2, 0) is 9.53 Å². The maximum absolute atomic E-state index is 11.8. The molecule has 1 rings (SSSR count). The summed E-state index contributed by atoms with van der Waals surface area (Å²) in [5, 5.41) is 0. The van der Waals surface area contributed by atoms with Crippen molar-refractivity contribution in [3.63, 3.8) is 0 Å². The zero-order valence-corrected chi connectivity index (χ0v) is 13.6. The summed E-state index contributed by atoms with van der Waals surface area (Å²) < 4.78 is 6.36. The van der Waals surface area contributed by atoms with E-state index < -0.39 is 11.5 Å². The lowest BCUT2D eigenvalue weighted by Crippen LogP contribution is -2.37. The van der Waals surface area contributed by atoms with E-state index in [1.165, 1.54) is 7.11 Å². The van der Waals surface area contributed by atoms with Crippen LogP contribution in [-0.4, -0.2) is 13.1 Å². The quantitative estimate of drug-likeness (QED) is 0.625. The summed E-state index contributed by atoms with van der Waals surface area (Å²) in [6, 6.07) is 3.09. The fourth-order valence-corrected chi connectivity index (χ4v) is 2.90. The Hall–Kier alpha value is -0.590. The molecule has 1 aromatic carbocycles. The molecule has 1 aromatic rings. The normalized spacial score (nSPS) is 13.2. The molecule has 0 amide bonds. The average Bonchev–Trinajstić information content (AvgIpc) is 2.31. The van der Waals surface area contributed by atoms with Crippen LogP contribution in [0, 0.1) is 5.41 Å². The fourth-order valence-electron chi connectivity index (χ4n) is 1.64. The highest BCUT2D eigenvalue weighted by atomic mass is 79.9. The summed E-state index contributed by atoms with van der Waals surface area (Å²) in [6.07, 6.45) is 0. The van der Waals surface area contributed by atoms with Crippen molar-refractivity contribution in [1.29, 1.82) is 0 Å². The van der Waals surface area contributed by atoms with Crippen molar-refractivity contribution in [3.8, 4) is 0 Å². The molecule has 0 aromatic heterocycles. The maximum atomic E-state index is 11.8. The van der Waals surface area contributed by atoms with Crippen LogP contribution in [0.5, 0.6) is 0 Å². The Balaban J connectivity index is 3.26. The van der Waals surface area contributed by atoms with E-state index >= 15 is 0 Å². The number of benzene rings is 1. The van der Waals surface area contributed by atoms with Crippen molar-refractivity contribution < 1.29 is 9.53 Å². The van der Waals surface area contributed by atoms with Gasteiger partial charge in [-0.1, -0.05) is 15.9 Å². The van der Waals surface area contributed by atoms with Gasteiger partial charge in [0.25, 0.3) is 0 Å². The number of hydrogen-bond donors (Lipinski definition) is 2. The van der Waals surface area contributed by atoms with Crippen LogP contribution in [0.2, 0.25) is 0 Å². The summed E-state index contributed by atoms with van der Waals surface area (Å²) in [4.78, 5) is 11.8. The van der Waals surface area contributed by atoms with Crippen molar-refractivity contribution in [2.45, 2.75) is 19.9 Å². The van der Waals surface area contributed by atoms with Crippen LogP contribution >= 0.6 is 31.9 Å². The Morgan fingerprint density at radius 1 is 1.39 bits per heavy atom. The Morgan fingerprint density at radius 2 is 1.94 bits per heavy atom. The molecule has 0 unspecified atom stereocenters. The first kappa shape index (κ1) is 15.5. The summed E-state index contributed by atoms with van der Waals surface area (Å²) in [6.45, 7) is 3.47. The van der Waals surface area contributed by atoms with Crippen LogP contribution in [0.25, 0.3) is 0 Å². The molecule has 0 spiro atoms. The Bertz CT molecular complexity index is 475. The Morgan fingerprint density at radius 3 is 2.44 bits per heavy atom. The first-order valence-corrected chi connectivity index (χ1v) is 6.88. The minimum Gasteiger partial charge on any atom is -0.469 e. The number of nitrogens with two attached hydrogens (primary N) is 2. The smallest absolute Gasteiger partial charge is 0.313 e. The third kappa shape index (κ3) is 2.87. The van der Waals surface area contributed by atoms with Gasteiger partial charge in [-0.2, -0.15) is 0 Å². The molecule has 0 saturated heterocycles. The zero-order chi connectivity index (χ0) is 14.1. The first-order valence-electron chi connectivity index (χ1n) is 5.30. The molecular weight excluding hydrogens is 364 g/mol. The van der Waals surface area contributed by atoms with E-state index in [2.05, 4.69) is 31.9 Å². The molecule has 0 radical (unpaired) electrons. The highest BCUT2D eigenvalue weighted by Crippen LogP contribution is 2.39. The number of methoxy groups -OCH3 is 1. The second-order valence-corrected chi connectivity index (χ2v) is 6.35. The highest BCUT2D eigenvalue weighted by Gasteiger charge is 2.37. The predicted molar refractivity (Wildman–Crippen MR) is 79.0 cm³/mol. The van der Waals surface area contributed by atoms with E-state index in [1.54, 1.807) is 13.8 Å². The van der Waals surface area contributed by atoms with E-state index in [0.717, 1.165) is 8.95 Å². The number of carbonyl (C=O) groups excluding carboxylic acids is 1. The van der Waals surface area contributed by atoms with E-state index in [4.69, 9.17) is 16.2 Å². The average molecular weight is 380 g/mol. The van der Waals surface area contributed by atoms with Crippen molar-refractivity contribution in [3.05, 3.63) is 26.6 Å². The zero-order valence-electron chi connectivity index (χ0n) is 10.5. The number of ether oxygens (including phenoxy) is 1. The van der Waals surface area contributed by atoms with Gasteiger partial charge in [-0.25, -0.2) is 0 Å². The van der Waals surface area contributed by atoms with Crippen molar-refractivity contribution in [1.82, 2.24) is 0 Å². The van der Waals surface area contributed by atoms with E-state index in [1.807, 2.05) is 12.1 Å². The number of nitrogen functional groups attached to an aromatic ring is 1. The molecular formula is C12H16Br2N2O2. The number of hydrogen-bond acceptors (Lipinski definition) is 4. The van der Waals surface area contributed by atoms with Gasteiger partial charge in [-0.05, 0) is 47.5 Å². The molecule has 0 aliphatic carbocycles. The number of halogens is 2. The van der Waals surface area contributed by atoms with Gasteiger partial charge in [0.05, 0.1) is 18.2 Å². The summed E-state index contributed by atoms with van der Waals surface area (Å²) in [5.41, 5.74) is 12.5. The molecule has 4 nitrogen and oxygen atoms in total. The third-order valence-electron chi connectivity index (χ3n) is 2.95. The number of esters is 1. The fraction of sp³-hybridized carbons (Fsp3) is 0.417. The van der Waals surface area contributed by atoms with Crippen LogP contribution in [0.15, 0.2) is 21.1 Å². The molecule has 0 aliphatic rings. The first-order chi connectivity index (χ1) is 8.21. The van der Waals surface area contributed by atoms with Gasteiger partial charge < -0.3 is 16.2 Å². The largest absolute Gasteiger partial charge is 0.469 e. The number of carbonyl (C=O) groups is 1. The minimum absolute atomic E-state index is 0.370. The van der Waals surface area contributed by atoms with Crippen LogP contribution in [0.4, 0.5) is 5.69 Å². The van der Waals surface area contributed by atoms with Crippen LogP contribution in [0.3, 0.4) is 0 Å². The monoisotopic (exact) mass is 378 g/mol. The lowest BCUT2D eigenvalue weighted by molar-refractivity contribution is -0.152. The molecule has 4 N–H and O–H groups in total. The van der Waals surface area contributed by atoms with Crippen molar-refractivity contribution in [2.24, 2.45) is 11.1 Å². The molecule has 0 saturated carbocycles. The molecule has 0 fully saturated rings. The standard InChI is InChI=1S/C12H16Br2N2O2/c1-12(2,11(17)18-3)10(16)7-4-6(13)5-8(14)9(7)15/h4-5,10H,15-16H2,1-3H3/t10-/m1/s1. The van der Waals surface area contributed by atoms with Gasteiger partial charge in [0, 0.05) is 15.0 Å². The minimum atomic E-state index is -0.858. The molecule has 0 bridgehead atoms. The maximum Gasteiger partial charge on any atom is 0.313 e. The van der Waals surface area contributed by atoms with Crippen molar-refractivity contribution in [2.75, 3.05) is 12.8 Å². The number of rotatable bonds is 3. The van der Waals surface area contributed by atoms with Gasteiger partial charge in [-0.3, -0.25) is 4.79 Å². The highest BCUT2D eigenvalue weighted by molar-refractivity contribution is 9.11. The summed E-state index contributed by atoms with van der Waals surface area (Å²) >= 11 is 6.74. The molecule has 0 heterocycles. The molecule has 1 atom stereocenters. The van der Waals surface area contributed by atoms with Gasteiger partial charge in [0.1, 0.15) is 0 Å². The number of anilines is 1. The van der Waals surface area contributed by atoms with Gasteiger partial charge in [0.2, 0.25) is 0 Å². The Labute approximate surface area is 123 Å². The van der Waals surface area contributed by atoms with Gasteiger partial charge >= 0.3 is 5.97 Å². The van der Waals surface area contributed by atoms with E-state index in [-0.39, 0.29) is 5.97 Å².